The summed E-state index contributed by atoms with van der Waals surface area (Å²) in [5, 5.41) is 20.9. The maximum absolute atomic E-state index is 12.7. The van der Waals surface area contributed by atoms with Gasteiger partial charge in [0.2, 0.25) is 0 Å². The van der Waals surface area contributed by atoms with Gasteiger partial charge in [0.1, 0.15) is 5.75 Å². The van der Waals surface area contributed by atoms with Gasteiger partial charge >= 0.3 is 0 Å². The van der Waals surface area contributed by atoms with Crippen molar-refractivity contribution in [3.05, 3.63) is 62.1 Å². The van der Waals surface area contributed by atoms with E-state index in [9.17, 15) is 20.0 Å². The van der Waals surface area contributed by atoms with Crippen molar-refractivity contribution in [1.29, 1.82) is 0 Å². The van der Waals surface area contributed by atoms with Crippen LogP contribution in [0.5, 0.6) is 5.75 Å². The first-order valence-corrected chi connectivity index (χ1v) is 8.94. The number of phenolic OH excluding ortho intramolecular Hbond substituents is 1. The fourth-order valence-electron chi connectivity index (χ4n) is 3.02. The summed E-state index contributed by atoms with van der Waals surface area (Å²) >= 11 is 3.27. The van der Waals surface area contributed by atoms with Crippen molar-refractivity contribution in [2.24, 2.45) is 0 Å². The van der Waals surface area contributed by atoms with Gasteiger partial charge in [-0.1, -0.05) is 0 Å². The largest absolute Gasteiger partial charge is 0.506 e. The molecule has 136 valence electrons. The van der Waals surface area contributed by atoms with Crippen molar-refractivity contribution >= 4 is 33.2 Å². The molecule has 2 aromatic rings. The maximum Gasteiger partial charge on any atom is 0.269 e. The third-order valence-electron chi connectivity index (χ3n) is 4.43. The lowest BCUT2D eigenvalue weighted by atomic mass is 10.1. The highest BCUT2D eigenvalue weighted by Crippen LogP contribution is 2.30. The average molecular weight is 420 g/mol. The summed E-state index contributed by atoms with van der Waals surface area (Å²) in [5.41, 5.74) is 2.13. The highest BCUT2D eigenvalue weighted by atomic mass is 79.9. The molecule has 0 radical (unpaired) electrons. The zero-order valence-electron chi connectivity index (χ0n) is 14.2. The Bertz CT molecular complexity index is 846. The zero-order valence-corrected chi connectivity index (χ0v) is 15.8. The van der Waals surface area contributed by atoms with Crippen molar-refractivity contribution in [2.45, 2.75) is 6.92 Å². The van der Waals surface area contributed by atoms with E-state index in [1.807, 2.05) is 6.92 Å². The van der Waals surface area contributed by atoms with Crippen LogP contribution < -0.4 is 4.90 Å². The lowest BCUT2D eigenvalue weighted by Gasteiger charge is -2.36. The molecule has 0 saturated carbocycles. The monoisotopic (exact) mass is 419 g/mol. The van der Waals surface area contributed by atoms with Crippen LogP contribution in [-0.2, 0) is 0 Å². The number of nitro benzene ring substituents is 1. The van der Waals surface area contributed by atoms with Crippen LogP contribution in [0.25, 0.3) is 0 Å². The quantitative estimate of drug-likeness (QED) is 0.608. The van der Waals surface area contributed by atoms with Gasteiger partial charge in [0.15, 0.2) is 0 Å². The van der Waals surface area contributed by atoms with Gasteiger partial charge in [0.05, 0.1) is 15.0 Å². The Kier molecular flexibility index (Phi) is 5.13. The summed E-state index contributed by atoms with van der Waals surface area (Å²) in [6.07, 6.45) is 0. The second-order valence-corrected chi connectivity index (χ2v) is 7.05. The Morgan fingerprint density at radius 1 is 1.15 bits per heavy atom. The molecular weight excluding hydrogens is 402 g/mol. The zero-order chi connectivity index (χ0) is 18.8. The first-order chi connectivity index (χ1) is 12.4. The Labute approximate surface area is 159 Å². The predicted octanol–water partition coefficient (Wildman–Crippen LogP) is 3.33. The molecule has 0 atom stereocenters. The number of piperazine rings is 1. The number of hydrogen-bond donors (Lipinski definition) is 1. The van der Waals surface area contributed by atoms with Gasteiger partial charge in [-0.2, -0.15) is 0 Å². The number of carbonyl (C=O) groups excluding carboxylic acids is 1. The van der Waals surface area contributed by atoms with E-state index in [2.05, 4.69) is 20.8 Å². The van der Waals surface area contributed by atoms with E-state index in [0.29, 0.717) is 36.2 Å². The van der Waals surface area contributed by atoms with Gasteiger partial charge in [-0.15, -0.1) is 0 Å². The predicted molar refractivity (Wildman–Crippen MR) is 102 cm³/mol. The van der Waals surface area contributed by atoms with Crippen LogP contribution in [-0.4, -0.2) is 47.0 Å². The lowest BCUT2D eigenvalue weighted by molar-refractivity contribution is -0.384. The molecule has 1 fully saturated rings. The van der Waals surface area contributed by atoms with Crippen LogP contribution in [0.1, 0.15) is 15.9 Å². The molecule has 1 aliphatic rings. The van der Waals surface area contributed by atoms with Crippen LogP contribution >= 0.6 is 15.9 Å². The van der Waals surface area contributed by atoms with Gasteiger partial charge in [0.25, 0.3) is 11.6 Å². The number of anilines is 1. The molecule has 1 aliphatic heterocycles. The van der Waals surface area contributed by atoms with Crippen molar-refractivity contribution in [3.8, 4) is 5.75 Å². The van der Waals surface area contributed by atoms with Crippen LogP contribution in [0, 0.1) is 17.0 Å². The first-order valence-electron chi connectivity index (χ1n) is 8.14. The molecule has 1 amide bonds. The average Bonchev–Trinajstić information content (AvgIpc) is 2.64. The Hall–Kier alpha value is -2.61. The van der Waals surface area contributed by atoms with E-state index in [-0.39, 0.29) is 17.3 Å². The highest BCUT2D eigenvalue weighted by molar-refractivity contribution is 9.10. The lowest BCUT2D eigenvalue weighted by Crippen LogP contribution is -2.48. The number of non-ortho nitro benzene ring substituents is 1. The Morgan fingerprint density at radius 2 is 1.77 bits per heavy atom. The maximum atomic E-state index is 12.7. The fraction of sp³-hybridized carbons (Fsp3) is 0.278. The molecular formula is C18H18BrN3O4. The number of phenols is 1. The van der Waals surface area contributed by atoms with E-state index >= 15 is 0 Å². The van der Waals surface area contributed by atoms with Crippen LogP contribution in [0.15, 0.2) is 40.9 Å². The summed E-state index contributed by atoms with van der Waals surface area (Å²) in [6, 6.07) is 9.85. The normalized spacial score (nSPS) is 14.4. The number of aryl methyl sites for hydroxylation is 1. The minimum absolute atomic E-state index is 0.0431. The van der Waals surface area contributed by atoms with Gasteiger partial charge in [-0.05, 0) is 52.7 Å². The summed E-state index contributed by atoms with van der Waals surface area (Å²) in [4.78, 5) is 26.9. The van der Waals surface area contributed by atoms with Crippen LogP contribution in [0.4, 0.5) is 11.4 Å². The third kappa shape index (κ3) is 3.65. The molecule has 0 bridgehead atoms. The summed E-state index contributed by atoms with van der Waals surface area (Å²) in [5.74, 6) is -0.242. The van der Waals surface area contributed by atoms with Crippen molar-refractivity contribution < 1.29 is 14.8 Å². The van der Waals surface area contributed by atoms with E-state index in [1.54, 1.807) is 29.2 Å². The van der Waals surface area contributed by atoms with E-state index in [4.69, 9.17) is 0 Å². The van der Waals surface area contributed by atoms with Gasteiger partial charge < -0.3 is 14.9 Å². The Morgan fingerprint density at radius 3 is 2.35 bits per heavy atom. The second-order valence-electron chi connectivity index (χ2n) is 6.20. The molecule has 8 heteroatoms. The topological polar surface area (TPSA) is 86.9 Å². The highest BCUT2D eigenvalue weighted by Gasteiger charge is 2.25. The number of hydrogen-bond acceptors (Lipinski definition) is 5. The number of benzene rings is 2. The van der Waals surface area contributed by atoms with Crippen molar-refractivity contribution in [2.75, 3.05) is 31.1 Å². The number of nitro groups is 1. The van der Waals surface area contributed by atoms with Gasteiger partial charge in [0, 0.05) is 44.0 Å². The molecule has 1 saturated heterocycles. The molecule has 1 heterocycles. The molecule has 1 N–H and O–H groups in total. The smallest absolute Gasteiger partial charge is 0.269 e. The molecule has 0 spiro atoms. The Balaban J connectivity index is 1.68. The van der Waals surface area contributed by atoms with Crippen molar-refractivity contribution in [3.63, 3.8) is 0 Å². The van der Waals surface area contributed by atoms with Crippen LogP contribution in [0.2, 0.25) is 0 Å². The van der Waals surface area contributed by atoms with Crippen molar-refractivity contribution in [1.82, 2.24) is 4.90 Å². The van der Waals surface area contributed by atoms with E-state index in [1.165, 1.54) is 12.1 Å². The molecule has 26 heavy (non-hydrogen) atoms. The van der Waals surface area contributed by atoms with E-state index < -0.39 is 4.92 Å². The first kappa shape index (κ1) is 18.2. The second kappa shape index (κ2) is 7.33. The molecule has 0 unspecified atom stereocenters. The number of nitrogens with zero attached hydrogens (tertiary/aromatic N) is 3. The van der Waals surface area contributed by atoms with Gasteiger partial charge in [-0.3, -0.25) is 14.9 Å². The standard InChI is InChI=1S/C18H18BrN3O4/c1-12-10-15(17(23)16(19)11-12)18(24)21-8-6-20(7-9-21)13-2-4-14(5-3-13)22(25)26/h2-5,10-11,23H,6-9H2,1H3. The summed E-state index contributed by atoms with van der Waals surface area (Å²) in [6.45, 7) is 4.14. The summed E-state index contributed by atoms with van der Waals surface area (Å²) in [7, 11) is 0. The number of amides is 1. The molecule has 7 nitrogen and oxygen atoms in total. The number of rotatable bonds is 3. The SMILES string of the molecule is Cc1cc(Br)c(O)c(C(=O)N2CCN(c3ccc([N+](=O)[O-])cc3)CC2)c1. The number of carbonyl (C=O) groups is 1. The van der Waals surface area contributed by atoms with E-state index in [0.717, 1.165) is 11.3 Å². The minimum Gasteiger partial charge on any atom is -0.506 e. The van der Waals surface area contributed by atoms with Crippen LogP contribution in [0.3, 0.4) is 0 Å². The molecule has 0 aliphatic carbocycles. The fourth-order valence-corrected chi connectivity index (χ4v) is 3.60. The molecule has 0 aromatic heterocycles. The summed E-state index contributed by atoms with van der Waals surface area (Å²) < 4.78 is 0.505. The number of aromatic hydroxyl groups is 1. The minimum atomic E-state index is -0.424. The van der Waals surface area contributed by atoms with Gasteiger partial charge in [-0.25, -0.2) is 0 Å². The molecule has 2 aromatic carbocycles. The third-order valence-corrected chi connectivity index (χ3v) is 5.04. The number of halogens is 1. The molecule has 3 rings (SSSR count).